The fraction of sp³-hybridized carbons (Fsp3) is 0.667. The Hall–Kier alpha value is -0.920. The van der Waals surface area contributed by atoms with Gasteiger partial charge in [0.15, 0.2) is 0 Å². The van der Waals surface area contributed by atoms with E-state index in [1.807, 2.05) is 11.4 Å². The van der Waals surface area contributed by atoms with Gasteiger partial charge < -0.3 is 5.32 Å². The van der Waals surface area contributed by atoms with E-state index in [2.05, 4.69) is 10.0 Å². The minimum absolute atomic E-state index is 0.0599. The zero-order valence-electron chi connectivity index (χ0n) is 12.5. The van der Waals surface area contributed by atoms with Crippen LogP contribution in [0.2, 0.25) is 0 Å². The normalized spacial score (nSPS) is 18.9. The third-order valence-electron chi connectivity index (χ3n) is 4.39. The number of amides is 1. The summed E-state index contributed by atoms with van der Waals surface area (Å²) in [4.78, 5) is 12.9. The van der Waals surface area contributed by atoms with E-state index in [4.69, 9.17) is 0 Å². The molecule has 0 radical (unpaired) electrons. The van der Waals surface area contributed by atoms with Crippen molar-refractivity contribution >= 4 is 27.3 Å². The molecule has 0 aromatic carbocycles. The second-order valence-corrected chi connectivity index (χ2v) is 9.04. The maximum absolute atomic E-state index is 12.2. The summed E-state index contributed by atoms with van der Waals surface area (Å²) in [6.07, 6.45) is 5.72. The number of nitrogens with one attached hydrogen (secondary N) is 2. The van der Waals surface area contributed by atoms with Gasteiger partial charge in [0, 0.05) is 13.1 Å². The van der Waals surface area contributed by atoms with Gasteiger partial charge in [0.2, 0.25) is 10.0 Å². The fourth-order valence-electron chi connectivity index (χ4n) is 2.61. The van der Waals surface area contributed by atoms with Gasteiger partial charge in [-0.1, -0.05) is 6.42 Å². The van der Waals surface area contributed by atoms with Crippen molar-refractivity contribution in [3.05, 3.63) is 21.9 Å². The molecule has 122 valence electrons. The van der Waals surface area contributed by atoms with Gasteiger partial charge in [-0.2, -0.15) is 0 Å². The first-order valence-corrected chi connectivity index (χ1v) is 10.4. The maximum atomic E-state index is 12.2. The number of hydrogen-bond donors (Lipinski definition) is 2. The van der Waals surface area contributed by atoms with Gasteiger partial charge in [-0.15, -0.1) is 11.3 Å². The predicted octanol–water partition coefficient (Wildman–Crippen LogP) is 2.07. The van der Waals surface area contributed by atoms with Crippen LogP contribution < -0.4 is 10.0 Å². The Balaban J connectivity index is 1.43. The highest BCUT2D eigenvalue weighted by Gasteiger charge is 2.29. The number of thiophene rings is 1. The summed E-state index contributed by atoms with van der Waals surface area (Å²) in [5.74, 6) is 0.817. The zero-order valence-corrected chi connectivity index (χ0v) is 14.1. The van der Waals surface area contributed by atoms with Gasteiger partial charge in [-0.3, -0.25) is 4.79 Å². The highest BCUT2D eigenvalue weighted by molar-refractivity contribution is 7.89. The average Bonchev–Trinajstić information content (AvgIpc) is 3.13. The van der Waals surface area contributed by atoms with E-state index in [0.717, 1.165) is 36.1 Å². The van der Waals surface area contributed by atoms with E-state index in [-0.39, 0.29) is 18.2 Å². The largest absolute Gasteiger partial charge is 0.350 e. The average molecular weight is 342 g/mol. The SMILES string of the molecule is O=C(NCCS(=O)(=O)NCC1CCC1)c1sccc1C1CC1. The molecule has 2 aliphatic rings. The molecule has 3 rings (SSSR count). The van der Waals surface area contributed by atoms with E-state index in [9.17, 15) is 13.2 Å². The van der Waals surface area contributed by atoms with Crippen molar-refractivity contribution in [3.8, 4) is 0 Å². The van der Waals surface area contributed by atoms with Crippen LogP contribution >= 0.6 is 11.3 Å². The molecule has 5 nitrogen and oxygen atoms in total. The third-order valence-corrected chi connectivity index (χ3v) is 6.67. The lowest BCUT2D eigenvalue weighted by atomic mass is 9.86. The number of sulfonamides is 1. The summed E-state index contributed by atoms with van der Waals surface area (Å²) in [6.45, 7) is 0.688. The molecule has 1 amide bonds. The first-order valence-electron chi connectivity index (χ1n) is 7.88. The molecule has 0 spiro atoms. The molecule has 1 aromatic rings. The van der Waals surface area contributed by atoms with E-state index in [1.54, 1.807) is 0 Å². The van der Waals surface area contributed by atoms with Crippen molar-refractivity contribution in [2.24, 2.45) is 5.92 Å². The zero-order chi connectivity index (χ0) is 15.6. The lowest BCUT2D eigenvalue weighted by Gasteiger charge is -2.25. The van der Waals surface area contributed by atoms with Crippen molar-refractivity contribution < 1.29 is 13.2 Å². The van der Waals surface area contributed by atoms with Crippen LogP contribution in [0.3, 0.4) is 0 Å². The van der Waals surface area contributed by atoms with Crippen LogP contribution in [0.25, 0.3) is 0 Å². The highest BCUT2D eigenvalue weighted by Crippen LogP contribution is 2.43. The molecule has 0 atom stereocenters. The van der Waals surface area contributed by atoms with Crippen LogP contribution in [0.4, 0.5) is 0 Å². The molecule has 1 heterocycles. The molecule has 22 heavy (non-hydrogen) atoms. The quantitative estimate of drug-likeness (QED) is 0.759. The molecule has 7 heteroatoms. The number of rotatable bonds is 8. The predicted molar refractivity (Wildman–Crippen MR) is 87.8 cm³/mol. The van der Waals surface area contributed by atoms with E-state index < -0.39 is 10.0 Å². The number of carbonyl (C=O) groups excluding carboxylic acids is 1. The van der Waals surface area contributed by atoms with Gasteiger partial charge >= 0.3 is 0 Å². The maximum Gasteiger partial charge on any atom is 0.261 e. The molecule has 2 N–H and O–H groups in total. The molecule has 0 bridgehead atoms. The van der Waals surface area contributed by atoms with Gasteiger partial charge in [-0.25, -0.2) is 13.1 Å². The second kappa shape index (κ2) is 6.68. The van der Waals surface area contributed by atoms with Crippen molar-refractivity contribution in [3.63, 3.8) is 0 Å². The summed E-state index contributed by atoms with van der Waals surface area (Å²) in [5, 5.41) is 4.66. The Bertz CT molecular complexity index is 631. The van der Waals surface area contributed by atoms with Crippen LogP contribution in [0.15, 0.2) is 11.4 Å². The highest BCUT2D eigenvalue weighted by atomic mass is 32.2. The minimum Gasteiger partial charge on any atom is -0.350 e. The fourth-order valence-corrected chi connectivity index (χ4v) is 4.52. The van der Waals surface area contributed by atoms with Crippen molar-refractivity contribution in [2.45, 2.75) is 38.0 Å². The second-order valence-electron chi connectivity index (χ2n) is 6.20. The minimum atomic E-state index is -3.29. The molecule has 2 saturated carbocycles. The van der Waals surface area contributed by atoms with Crippen LogP contribution in [0.5, 0.6) is 0 Å². The van der Waals surface area contributed by atoms with E-state index in [1.165, 1.54) is 17.8 Å². The van der Waals surface area contributed by atoms with Crippen LogP contribution in [0.1, 0.15) is 53.3 Å². The summed E-state index contributed by atoms with van der Waals surface area (Å²) in [6, 6.07) is 2.01. The van der Waals surface area contributed by atoms with Crippen LogP contribution in [0, 0.1) is 5.92 Å². The topological polar surface area (TPSA) is 75.3 Å². The van der Waals surface area contributed by atoms with Crippen LogP contribution in [-0.4, -0.2) is 33.2 Å². The lowest BCUT2D eigenvalue weighted by molar-refractivity contribution is 0.0959. The van der Waals surface area contributed by atoms with Gasteiger partial charge in [0.25, 0.3) is 5.91 Å². The smallest absolute Gasteiger partial charge is 0.261 e. The third kappa shape index (κ3) is 4.08. The molecule has 2 fully saturated rings. The standard InChI is InChI=1S/C15H22N2O3S2/c18-15(14-13(6-8-21-14)12-4-5-12)16-7-9-22(19,20)17-10-11-2-1-3-11/h6,8,11-12,17H,1-5,7,9-10H2,(H,16,18). The Morgan fingerprint density at radius 2 is 2.05 bits per heavy atom. The summed E-state index contributed by atoms with van der Waals surface area (Å²) >= 11 is 1.43. The molecule has 1 aromatic heterocycles. The Kier molecular flexibility index (Phi) is 4.84. The summed E-state index contributed by atoms with van der Waals surface area (Å²) < 4.78 is 26.4. The monoisotopic (exact) mass is 342 g/mol. The van der Waals surface area contributed by atoms with E-state index in [0.29, 0.717) is 18.4 Å². The van der Waals surface area contributed by atoms with Crippen molar-refractivity contribution in [1.82, 2.24) is 10.0 Å². The van der Waals surface area contributed by atoms with Gasteiger partial charge in [0.05, 0.1) is 10.6 Å². The first-order chi connectivity index (χ1) is 10.6. The van der Waals surface area contributed by atoms with Crippen molar-refractivity contribution in [2.75, 3.05) is 18.8 Å². The number of carbonyl (C=O) groups is 1. The Labute approximate surface area is 135 Å². The lowest BCUT2D eigenvalue weighted by Crippen LogP contribution is -2.37. The molecule has 0 saturated heterocycles. The molecular formula is C15H22N2O3S2. The first kappa shape index (κ1) is 16.0. The molecular weight excluding hydrogens is 320 g/mol. The Morgan fingerprint density at radius 3 is 2.68 bits per heavy atom. The van der Waals surface area contributed by atoms with Gasteiger partial charge in [0.1, 0.15) is 0 Å². The summed E-state index contributed by atoms with van der Waals surface area (Å²) in [7, 11) is -3.29. The molecule has 2 aliphatic carbocycles. The summed E-state index contributed by atoms with van der Waals surface area (Å²) in [5.41, 5.74) is 1.12. The van der Waals surface area contributed by atoms with E-state index >= 15 is 0 Å². The molecule has 0 unspecified atom stereocenters. The van der Waals surface area contributed by atoms with Crippen molar-refractivity contribution in [1.29, 1.82) is 0 Å². The number of hydrogen-bond acceptors (Lipinski definition) is 4. The van der Waals surface area contributed by atoms with Gasteiger partial charge in [-0.05, 0) is 54.5 Å². The Morgan fingerprint density at radius 1 is 1.27 bits per heavy atom. The van der Waals surface area contributed by atoms with Crippen LogP contribution in [-0.2, 0) is 10.0 Å². The molecule has 0 aliphatic heterocycles.